The second-order valence-corrected chi connectivity index (χ2v) is 25.1. The van der Waals surface area contributed by atoms with Crippen LogP contribution in [0.3, 0.4) is 0 Å². The number of hydrogen-bond acceptors (Lipinski definition) is 12. The van der Waals surface area contributed by atoms with Gasteiger partial charge in [0.05, 0.1) is 50.2 Å². The zero-order valence-electron chi connectivity index (χ0n) is 61.6. The summed E-state index contributed by atoms with van der Waals surface area (Å²) in [6.07, 6.45) is 18.2. The number of nitrogens with zero attached hydrogens (tertiary/aromatic N) is 12. The van der Waals surface area contributed by atoms with E-state index < -0.39 is 0 Å². The maximum absolute atomic E-state index is 4.69. The van der Waals surface area contributed by atoms with Crippen LogP contribution in [0, 0.1) is 20.8 Å². The molecule has 0 unspecified atom stereocenters. The minimum atomic E-state index is 0.813. The average molecular weight is 1390 g/mol. The molecule has 12 heteroatoms. The zero-order chi connectivity index (χ0) is 73.8. The molecule has 0 saturated heterocycles. The lowest BCUT2D eigenvalue weighted by Crippen LogP contribution is -1.91. The summed E-state index contributed by atoms with van der Waals surface area (Å²) in [5.74, 6) is 1.66. The average Bonchev–Trinajstić information content (AvgIpc) is 1.52. The third-order valence-electron chi connectivity index (χ3n) is 19.0. The van der Waals surface area contributed by atoms with E-state index >= 15 is 0 Å². The van der Waals surface area contributed by atoms with Gasteiger partial charge >= 0.3 is 0 Å². The van der Waals surface area contributed by atoms with E-state index in [1.165, 1.54) is 120 Å². The molecule has 2 aliphatic rings. The molecule has 6 heterocycles. The third-order valence-corrected chi connectivity index (χ3v) is 19.0. The van der Waals surface area contributed by atoms with Gasteiger partial charge in [-0.2, -0.15) is 0 Å². The van der Waals surface area contributed by atoms with E-state index in [9.17, 15) is 0 Å². The summed E-state index contributed by atoms with van der Waals surface area (Å²) < 4.78 is 0. The molecule has 0 spiro atoms. The van der Waals surface area contributed by atoms with E-state index in [0.29, 0.717) is 0 Å². The molecule has 12 nitrogen and oxygen atoms in total. The summed E-state index contributed by atoms with van der Waals surface area (Å²) in [5.41, 5.74) is 16.9. The van der Waals surface area contributed by atoms with Crippen molar-refractivity contribution in [2.45, 2.75) is 75.2 Å². The Morgan fingerprint density at radius 3 is 1.02 bits per heavy atom. The highest BCUT2D eigenvalue weighted by molar-refractivity contribution is 6.26. The smallest absolute Gasteiger partial charge is 0.125 e. The van der Waals surface area contributed by atoms with Crippen LogP contribution in [-0.2, 0) is 12.8 Å². The Morgan fingerprint density at radius 1 is 0.215 bits per heavy atom. The lowest BCUT2D eigenvalue weighted by atomic mass is 9.98. The molecule has 22 rings (SSSR count). The number of aryl methyl sites for hydroxylation is 3. The second-order valence-electron chi connectivity index (χ2n) is 25.1. The molecular weight excluding hydrogens is 1310 g/mol. The highest BCUT2D eigenvalue weighted by Gasteiger charge is 2.21. The van der Waals surface area contributed by atoms with Crippen molar-refractivity contribution in [2.24, 2.45) is 0 Å². The Kier molecular flexibility index (Phi) is 21.5. The first-order chi connectivity index (χ1) is 52.9. The van der Waals surface area contributed by atoms with Crippen LogP contribution in [0.15, 0.2) is 299 Å². The Morgan fingerprint density at radius 2 is 0.542 bits per heavy atom. The van der Waals surface area contributed by atoms with Gasteiger partial charge in [0.25, 0.3) is 0 Å². The maximum atomic E-state index is 4.69. The molecule has 0 bridgehead atoms. The molecule has 0 fully saturated rings. The first-order valence-electron chi connectivity index (χ1n) is 36.7. The first kappa shape index (κ1) is 70.7. The van der Waals surface area contributed by atoms with E-state index in [1.807, 2.05) is 105 Å². The molecule has 0 aliphatic heterocycles. The number of rotatable bonds is 0. The highest BCUT2D eigenvalue weighted by atomic mass is 14.9. The predicted molar refractivity (Wildman–Crippen MR) is 447 cm³/mol. The van der Waals surface area contributed by atoms with Crippen molar-refractivity contribution in [3.8, 4) is 22.5 Å². The summed E-state index contributed by atoms with van der Waals surface area (Å²) in [5, 5.41) is 21.7. The van der Waals surface area contributed by atoms with E-state index in [0.717, 1.165) is 85.4 Å². The van der Waals surface area contributed by atoms with Crippen molar-refractivity contribution < 1.29 is 0 Å². The molecule has 6 aromatic heterocycles. The molecule has 14 aromatic carbocycles. The summed E-state index contributed by atoms with van der Waals surface area (Å²) >= 11 is 0. The van der Waals surface area contributed by atoms with Gasteiger partial charge in [0.2, 0.25) is 0 Å². The molecule has 0 radical (unpaired) electrons. The Balaban J connectivity index is 0.000000107. The molecule has 0 saturated carbocycles. The summed E-state index contributed by atoms with van der Waals surface area (Å²) in [6, 6.07) is 84.1. The van der Waals surface area contributed by atoms with Crippen molar-refractivity contribution in [1.29, 1.82) is 0 Å². The molecular formula is C95H80N12. The van der Waals surface area contributed by atoms with E-state index in [2.05, 4.69) is 285 Å². The number of fused-ring (bicyclic) bond motifs is 30. The van der Waals surface area contributed by atoms with Crippen molar-refractivity contribution in [3.05, 3.63) is 338 Å². The summed E-state index contributed by atoms with van der Waals surface area (Å²) in [7, 11) is 0. The van der Waals surface area contributed by atoms with E-state index in [1.54, 1.807) is 25.0 Å². The van der Waals surface area contributed by atoms with E-state index in [4.69, 9.17) is 4.98 Å². The Bertz CT molecular complexity index is 5760. The van der Waals surface area contributed by atoms with Crippen LogP contribution < -0.4 is 0 Å². The molecule has 0 atom stereocenters. The molecule has 20 aromatic rings. The molecule has 107 heavy (non-hydrogen) atoms. The monoisotopic (exact) mass is 1390 g/mol. The van der Waals surface area contributed by atoms with Gasteiger partial charge in [-0.15, -0.1) is 0 Å². The normalized spacial score (nSPS) is 11.1. The van der Waals surface area contributed by atoms with Crippen LogP contribution in [-0.4, -0.2) is 59.8 Å². The lowest BCUT2D eigenvalue weighted by molar-refractivity contribution is 1.03. The van der Waals surface area contributed by atoms with Crippen molar-refractivity contribution in [1.82, 2.24) is 59.8 Å². The van der Waals surface area contributed by atoms with Crippen molar-refractivity contribution >= 4 is 130 Å². The largest absolute Gasteiger partial charge is 0.252 e. The fraction of sp³-hybridized carbons (Fsp3) is 0.116. The number of aromatic nitrogens is 12. The topological polar surface area (TPSA) is 155 Å². The van der Waals surface area contributed by atoms with Gasteiger partial charge in [-0.3, -0.25) is 15.0 Å². The maximum Gasteiger partial charge on any atom is 0.125 e. The van der Waals surface area contributed by atoms with Gasteiger partial charge in [-0.1, -0.05) is 284 Å². The van der Waals surface area contributed by atoms with E-state index in [-0.39, 0.29) is 0 Å². The first-order valence-corrected chi connectivity index (χ1v) is 36.7. The Hall–Kier alpha value is -13.3. The standard InChI is InChI=1S/2C17H12N2.2C16H10N2.C12H10N2.C11H8N2.3C2H6/c1-11-10-18-16-14-8-4-2-6-12(14)13-7-3-5-9-15(13)17(16)19-11;1-11-18-10-16-14-8-3-2-6-12(14)13-7-4-5-9-15(13)17(16)19-11;1-3-7-13-11(5-1)12-6-2-4-8-14(12)16-15(13)17-9-10-18-16;1-2-7-13-11(5-1)12-6-3-4-8-14(12)16-15(13)9-17-10-18-16;1-8-13-7-10-6-9-4-2-3-5-11(9)12(10)14-8;1-2-4-10-8(3-1)5-9-6-12-7-13-11(9)10;3*1-2/h2*2-10H,1H3;2*1-10H;2-5,7H,6H2,1H3;1-4,6-7H,5H2;3*1-2H3. The van der Waals surface area contributed by atoms with Crippen molar-refractivity contribution in [2.75, 3.05) is 0 Å². The van der Waals surface area contributed by atoms with Crippen LogP contribution >= 0.6 is 0 Å². The van der Waals surface area contributed by atoms with Crippen LogP contribution in [0.4, 0.5) is 0 Å². The van der Waals surface area contributed by atoms with Gasteiger partial charge in [0, 0.05) is 122 Å². The molecule has 2 aliphatic carbocycles. The summed E-state index contributed by atoms with van der Waals surface area (Å²) in [4.78, 5) is 52.9. The lowest BCUT2D eigenvalue weighted by Gasteiger charge is -2.09. The second kappa shape index (κ2) is 32.6. The quantitative estimate of drug-likeness (QED) is 0.133. The number of hydrogen-bond donors (Lipinski definition) is 0. The van der Waals surface area contributed by atoms with Crippen LogP contribution in [0.5, 0.6) is 0 Å². The molecule has 0 N–H and O–H groups in total. The predicted octanol–water partition coefficient (Wildman–Crippen LogP) is 23.8. The molecule has 520 valence electrons. The van der Waals surface area contributed by atoms with Crippen LogP contribution in [0.1, 0.15) is 81.1 Å². The minimum absolute atomic E-state index is 0.813. The zero-order valence-corrected chi connectivity index (χ0v) is 61.6. The fourth-order valence-corrected chi connectivity index (χ4v) is 14.5. The SMILES string of the molecule is CC.CC.CC.Cc1cnc2c3ccccc3c3ccccc3c2n1.Cc1ncc2c(n1)-c1ccccc1C2.Cc1ncc2c3ccccc3c3ccccc3c2n1.c1ccc2c(c1)Cc1cncnc1-2.c1ccc2c(c1)c1ccccc1c1nccnc21.c1ccc2c(c1)c1ccccc1c1ncncc21. The van der Waals surface area contributed by atoms with Crippen molar-refractivity contribution in [3.63, 3.8) is 0 Å². The molecule has 0 amide bonds. The third kappa shape index (κ3) is 14.1. The van der Waals surface area contributed by atoms with Crippen LogP contribution in [0.2, 0.25) is 0 Å². The van der Waals surface area contributed by atoms with Gasteiger partial charge in [0.1, 0.15) is 24.3 Å². The van der Waals surface area contributed by atoms with Crippen LogP contribution in [0.25, 0.3) is 153 Å². The fourth-order valence-electron chi connectivity index (χ4n) is 14.5. The van der Waals surface area contributed by atoms with Gasteiger partial charge in [-0.05, 0) is 85.8 Å². The minimum Gasteiger partial charge on any atom is -0.252 e. The number of benzene rings is 14. The Labute approximate surface area is 622 Å². The van der Waals surface area contributed by atoms with Gasteiger partial charge in [0.15, 0.2) is 0 Å². The summed E-state index contributed by atoms with van der Waals surface area (Å²) in [6.45, 7) is 17.8. The van der Waals surface area contributed by atoms with Gasteiger partial charge in [-0.25, -0.2) is 44.9 Å². The highest BCUT2D eigenvalue weighted by Crippen LogP contribution is 2.39. The van der Waals surface area contributed by atoms with Gasteiger partial charge < -0.3 is 0 Å².